The first-order valence-electron chi connectivity index (χ1n) is 11.5. The fourth-order valence-electron chi connectivity index (χ4n) is 4.85. The number of fused-ring (bicyclic) bond motifs is 1. The van der Waals surface area contributed by atoms with Crippen LogP contribution in [0.1, 0.15) is 76.5 Å². The summed E-state index contributed by atoms with van der Waals surface area (Å²) in [5.41, 5.74) is 2.99. The molecule has 3 aliphatic heterocycles. The van der Waals surface area contributed by atoms with Crippen LogP contribution in [-0.2, 0) is 17.9 Å². The second kappa shape index (κ2) is 8.72. The molecular weight excluding hydrogens is 408 g/mol. The average molecular weight is 437 g/mol. The molecule has 4 heterocycles. The molecule has 32 heavy (non-hydrogen) atoms. The van der Waals surface area contributed by atoms with Crippen molar-refractivity contribution in [2.75, 3.05) is 19.6 Å². The van der Waals surface area contributed by atoms with Crippen molar-refractivity contribution in [1.82, 2.24) is 30.1 Å². The van der Waals surface area contributed by atoms with Gasteiger partial charge in [-0.15, -0.1) is 5.10 Å². The quantitative estimate of drug-likeness (QED) is 0.789. The van der Waals surface area contributed by atoms with E-state index in [0.29, 0.717) is 43.7 Å². The number of rotatable bonds is 4. The summed E-state index contributed by atoms with van der Waals surface area (Å²) in [5, 5.41) is 11.4. The van der Waals surface area contributed by atoms with Crippen LogP contribution in [0.3, 0.4) is 0 Å². The molecule has 9 nitrogen and oxygen atoms in total. The van der Waals surface area contributed by atoms with Crippen LogP contribution in [0.4, 0.5) is 0 Å². The van der Waals surface area contributed by atoms with Gasteiger partial charge in [-0.05, 0) is 49.4 Å². The predicted molar refractivity (Wildman–Crippen MR) is 116 cm³/mol. The van der Waals surface area contributed by atoms with Gasteiger partial charge >= 0.3 is 0 Å². The van der Waals surface area contributed by atoms with Crippen molar-refractivity contribution in [3.8, 4) is 0 Å². The number of amides is 3. The Hall–Kier alpha value is -3.23. The third-order valence-corrected chi connectivity index (χ3v) is 6.74. The number of likely N-dealkylation sites (tertiary alicyclic amines) is 2. The van der Waals surface area contributed by atoms with Crippen molar-refractivity contribution in [3.63, 3.8) is 0 Å². The molecule has 0 unspecified atom stereocenters. The molecule has 3 amide bonds. The highest BCUT2D eigenvalue weighted by Crippen LogP contribution is 2.25. The van der Waals surface area contributed by atoms with Gasteiger partial charge in [0.1, 0.15) is 5.69 Å². The van der Waals surface area contributed by atoms with Crippen LogP contribution in [0.25, 0.3) is 0 Å². The van der Waals surface area contributed by atoms with E-state index in [-0.39, 0.29) is 23.8 Å². The second-order valence-corrected chi connectivity index (χ2v) is 8.89. The lowest BCUT2D eigenvalue weighted by molar-refractivity contribution is -0.131. The highest BCUT2D eigenvalue weighted by Gasteiger charge is 2.27. The number of piperidine rings is 1. The van der Waals surface area contributed by atoms with Crippen LogP contribution in [0.15, 0.2) is 24.4 Å². The number of aromatic nitrogens is 3. The molecule has 168 valence electrons. The summed E-state index contributed by atoms with van der Waals surface area (Å²) in [5.74, 6) is 0.132. The van der Waals surface area contributed by atoms with Gasteiger partial charge in [0.05, 0.1) is 18.8 Å². The maximum absolute atomic E-state index is 13.0. The predicted octanol–water partition coefficient (Wildman–Crippen LogP) is 1.90. The molecule has 0 aliphatic carbocycles. The van der Waals surface area contributed by atoms with Gasteiger partial charge in [-0.2, -0.15) is 0 Å². The minimum absolute atomic E-state index is 0.00422. The molecular formula is C23H28N6O3. The number of carbonyl (C=O) groups excluding carboxylic acids is 3. The van der Waals surface area contributed by atoms with Crippen molar-refractivity contribution >= 4 is 17.7 Å². The SMILES string of the molecule is O=C1NCc2cc(C(=O)N3CCC(n4cc(CN5CCCCCC5=O)nn4)CC3)ccc21. The average Bonchev–Trinajstić information content (AvgIpc) is 3.38. The Kier molecular flexibility index (Phi) is 5.63. The molecule has 1 N–H and O–H groups in total. The van der Waals surface area contributed by atoms with Crippen LogP contribution in [0, 0.1) is 0 Å². The van der Waals surface area contributed by atoms with Crippen LogP contribution in [0.2, 0.25) is 0 Å². The van der Waals surface area contributed by atoms with Crippen LogP contribution >= 0.6 is 0 Å². The fourth-order valence-corrected chi connectivity index (χ4v) is 4.85. The molecule has 2 aromatic rings. The Morgan fingerprint density at radius 2 is 1.94 bits per heavy atom. The van der Waals surface area contributed by atoms with E-state index in [0.717, 1.165) is 49.9 Å². The summed E-state index contributed by atoms with van der Waals surface area (Å²) in [6, 6.07) is 5.51. The first-order valence-corrected chi connectivity index (χ1v) is 11.5. The monoisotopic (exact) mass is 436 g/mol. The zero-order chi connectivity index (χ0) is 22.1. The van der Waals surface area contributed by atoms with E-state index >= 15 is 0 Å². The third-order valence-electron chi connectivity index (χ3n) is 6.74. The lowest BCUT2D eigenvalue weighted by atomic mass is 10.0. The largest absolute Gasteiger partial charge is 0.348 e. The number of carbonyl (C=O) groups is 3. The zero-order valence-electron chi connectivity index (χ0n) is 18.1. The molecule has 1 aromatic carbocycles. The highest BCUT2D eigenvalue weighted by atomic mass is 16.2. The van der Waals surface area contributed by atoms with Crippen molar-refractivity contribution in [2.24, 2.45) is 0 Å². The first-order chi connectivity index (χ1) is 15.6. The normalized spacial score (nSPS) is 19.6. The Balaban J connectivity index is 1.18. The molecule has 2 saturated heterocycles. The number of hydrogen-bond donors (Lipinski definition) is 1. The molecule has 0 radical (unpaired) electrons. The smallest absolute Gasteiger partial charge is 0.253 e. The summed E-state index contributed by atoms with van der Waals surface area (Å²) >= 11 is 0. The van der Waals surface area contributed by atoms with Gasteiger partial charge in [0.15, 0.2) is 0 Å². The molecule has 0 saturated carbocycles. The van der Waals surface area contributed by atoms with Gasteiger partial charge < -0.3 is 15.1 Å². The van der Waals surface area contributed by atoms with Gasteiger partial charge in [0, 0.05) is 43.7 Å². The van der Waals surface area contributed by atoms with Crippen molar-refractivity contribution in [2.45, 2.75) is 57.7 Å². The Morgan fingerprint density at radius 1 is 1.09 bits per heavy atom. The van der Waals surface area contributed by atoms with E-state index < -0.39 is 0 Å². The van der Waals surface area contributed by atoms with Gasteiger partial charge in [-0.25, -0.2) is 4.68 Å². The van der Waals surface area contributed by atoms with E-state index in [1.54, 1.807) is 12.1 Å². The van der Waals surface area contributed by atoms with Crippen molar-refractivity contribution < 1.29 is 14.4 Å². The summed E-state index contributed by atoms with van der Waals surface area (Å²) in [6.45, 7) is 3.09. The van der Waals surface area contributed by atoms with Crippen LogP contribution < -0.4 is 5.32 Å². The molecule has 0 atom stereocenters. The number of hydrogen-bond acceptors (Lipinski definition) is 5. The number of benzene rings is 1. The molecule has 5 rings (SSSR count). The minimum atomic E-state index is -0.0766. The fraction of sp³-hybridized carbons (Fsp3) is 0.522. The zero-order valence-corrected chi connectivity index (χ0v) is 18.1. The Labute approximate surface area is 186 Å². The lowest BCUT2D eigenvalue weighted by Gasteiger charge is -2.32. The topological polar surface area (TPSA) is 100 Å². The standard InChI is InChI=1S/C23H28N6O3/c30-21-4-2-1-3-9-28(21)14-18-15-29(26-25-18)19-7-10-27(11-8-19)23(32)16-5-6-20-17(12-16)13-24-22(20)31/h5-6,12,15,19H,1-4,7-11,13-14H2,(H,24,31). The minimum Gasteiger partial charge on any atom is -0.348 e. The highest BCUT2D eigenvalue weighted by molar-refractivity contribution is 6.01. The maximum Gasteiger partial charge on any atom is 0.253 e. The van der Waals surface area contributed by atoms with E-state index in [9.17, 15) is 14.4 Å². The molecule has 0 spiro atoms. The van der Waals surface area contributed by atoms with E-state index in [4.69, 9.17) is 0 Å². The Bertz CT molecular complexity index is 1040. The summed E-state index contributed by atoms with van der Waals surface area (Å²) in [6.07, 6.45) is 7.31. The summed E-state index contributed by atoms with van der Waals surface area (Å²) in [4.78, 5) is 40.7. The van der Waals surface area contributed by atoms with Gasteiger partial charge in [-0.3, -0.25) is 14.4 Å². The molecule has 3 aliphatic rings. The number of nitrogens with one attached hydrogen (secondary N) is 1. The second-order valence-electron chi connectivity index (χ2n) is 8.89. The third kappa shape index (κ3) is 4.11. The van der Waals surface area contributed by atoms with Gasteiger partial charge in [0.25, 0.3) is 11.8 Å². The van der Waals surface area contributed by atoms with Crippen LogP contribution in [0.5, 0.6) is 0 Å². The molecule has 0 bridgehead atoms. The summed E-state index contributed by atoms with van der Waals surface area (Å²) in [7, 11) is 0. The Morgan fingerprint density at radius 3 is 2.78 bits per heavy atom. The first kappa shape index (κ1) is 20.7. The maximum atomic E-state index is 13.0. The van der Waals surface area contributed by atoms with E-state index in [1.165, 1.54) is 0 Å². The molecule has 9 heteroatoms. The summed E-state index contributed by atoms with van der Waals surface area (Å²) < 4.78 is 1.89. The van der Waals surface area contributed by atoms with Crippen LogP contribution in [-0.4, -0.2) is 62.1 Å². The molecule has 2 fully saturated rings. The van der Waals surface area contributed by atoms with Gasteiger partial charge in [-0.1, -0.05) is 11.6 Å². The number of nitrogens with zero attached hydrogens (tertiary/aromatic N) is 5. The molecule has 1 aromatic heterocycles. The van der Waals surface area contributed by atoms with Crippen molar-refractivity contribution in [1.29, 1.82) is 0 Å². The van der Waals surface area contributed by atoms with Gasteiger partial charge in [0.2, 0.25) is 5.91 Å². The van der Waals surface area contributed by atoms with E-state index in [2.05, 4.69) is 15.6 Å². The van der Waals surface area contributed by atoms with Crippen molar-refractivity contribution in [3.05, 3.63) is 46.8 Å². The lowest BCUT2D eigenvalue weighted by Crippen LogP contribution is -2.39. The van der Waals surface area contributed by atoms with E-state index in [1.807, 2.05) is 26.7 Å².